The van der Waals surface area contributed by atoms with Crippen molar-refractivity contribution in [3.05, 3.63) is 6.04 Å². The number of likely N-dealkylation sites (N-methyl/N-ethyl adjacent to an activating group) is 2. The van der Waals surface area contributed by atoms with Crippen LogP contribution < -0.4 is 0 Å². The lowest BCUT2D eigenvalue weighted by Gasteiger charge is -2.28. The third-order valence-electron chi connectivity index (χ3n) is 1.96. The Balaban J connectivity index is 3.76. The van der Waals surface area contributed by atoms with E-state index in [0.717, 1.165) is 13.1 Å². The Labute approximate surface area is 77.5 Å². The van der Waals surface area contributed by atoms with Gasteiger partial charge in [-0.1, -0.05) is 13.8 Å². The zero-order chi connectivity index (χ0) is 9.56. The van der Waals surface area contributed by atoms with E-state index in [1.54, 1.807) is 0 Å². The smallest absolute Gasteiger partial charge is 0.0501 e. The predicted molar refractivity (Wildman–Crippen MR) is 55.0 cm³/mol. The summed E-state index contributed by atoms with van der Waals surface area (Å²) < 4.78 is 0. The molecule has 0 fully saturated rings. The maximum absolute atomic E-state index is 2.44. The van der Waals surface area contributed by atoms with Crippen molar-refractivity contribution in [2.75, 3.05) is 33.7 Å². The van der Waals surface area contributed by atoms with Crippen LogP contribution >= 0.6 is 0 Å². The molecule has 0 saturated heterocycles. The molecule has 0 saturated carbocycles. The second-order valence-corrected chi connectivity index (χ2v) is 3.55. The van der Waals surface area contributed by atoms with Crippen LogP contribution in [-0.2, 0) is 0 Å². The van der Waals surface area contributed by atoms with Crippen molar-refractivity contribution in [2.45, 2.75) is 27.2 Å². The van der Waals surface area contributed by atoms with Crippen LogP contribution in [0.3, 0.4) is 0 Å². The Morgan fingerprint density at radius 3 is 2.08 bits per heavy atom. The SMILES string of the molecule is CCCN(CC)[C](C)CN(C)C. The normalized spacial score (nSPS) is 12.0. The van der Waals surface area contributed by atoms with Gasteiger partial charge in [0, 0.05) is 6.54 Å². The molecule has 73 valence electrons. The molecule has 0 heterocycles. The minimum Gasteiger partial charge on any atom is -0.307 e. The van der Waals surface area contributed by atoms with Gasteiger partial charge in [0.1, 0.15) is 0 Å². The molecule has 2 heteroatoms. The van der Waals surface area contributed by atoms with Gasteiger partial charge in [0.15, 0.2) is 0 Å². The lowest BCUT2D eigenvalue weighted by molar-refractivity contribution is 0.257. The molecule has 0 amide bonds. The van der Waals surface area contributed by atoms with Crippen molar-refractivity contribution < 1.29 is 0 Å². The number of hydrogen-bond donors (Lipinski definition) is 0. The molecule has 0 spiro atoms. The molecule has 0 bridgehead atoms. The topological polar surface area (TPSA) is 6.48 Å². The van der Waals surface area contributed by atoms with Crippen molar-refractivity contribution in [1.29, 1.82) is 0 Å². The van der Waals surface area contributed by atoms with Crippen molar-refractivity contribution in [1.82, 2.24) is 9.80 Å². The first-order valence-corrected chi connectivity index (χ1v) is 4.83. The van der Waals surface area contributed by atoms with Gasteiger partial charge in [-0.2, -0.15) is 0 Å². The quantitative estimate of drug-likeness (QED) is 0.601. The van der Waals surface area contributed by atoms with E-state index in [2.05, 4.69) is 44.7 Å². The highest BCUT2D eigenvalue weighted by Crippen LogP contribution is 2.08. The van der Waals surface area contributed by atoms with Gasteiger partial charge >= 0.3 is 0 Å². The van der Waals surface area contributed by atoms with E-state index in [1.807, 2.05) is 0 Å². The Bertz CT molecular complexity index is 102. The fourth-order valence-corrected chi connectivity index (χ4v) is 1.45. The van der Waals surface area contributed by atoms with Crippen molar-refractivity contribution in [2.24, 2.45) is 0 Å². The van der Waals surface area contributed by atoms with E-state index in [4.69, 9.17) is 0 Å². The maximum Gasteiger partial charge on any atom is 0.0501 e. The molecule has 2 nitrogen and oxygen atoms in total. The maximum atomic E-state index is 2.44. The Kier molecular flexibility index (Phi) is 6.39. The molecule has 0 aliphatic carbocycles. The van der Waals surface area contributed by atoms with E-state index in [0.29, 0.717) is 0 Å². The fourth-order valence-electron chi connectivity index (χ4n) is 1.45. The molecule has 0 aromatic heterocycles. The van der Waals surface area contributed by atoms with Crippen LogP contribution in [0.4, 0.5) is 0 Å². The fraction of sp³-hybridized carbons (Fsp3) is 0.900. The predicted octanol–water partition coefficient (Wildman–Crippen LogP) is 1.83. The van der Waals surface area contributed by atoms with Gasteiger partial charge in [-0.3, -0.25) is 4.90 Å². The van der Waals surface area contributed by atoms with E-state index >= 15 is 0 Å². The summed E-state index contributed by atoms with van der Waals surface area (Å²) in [6, 6.07) is 1.48. The minimum atomic E-state index is 1.08. The minimum absolute atomic E-state index is 1.08. The standard InChI is InChI=1S/C10H23N2/c1-6-8-12(7-2)10(3)9-11(4)5/h6-9H2,1-5H3. The molecular weight excluding hydrogens is 148 g/mol. The van der Waals surface area contributed by atoms with Crippen LogP contribution in [-0.4, -0.2) is 43.5 Å². The van der Waals surface area contributed by atoms with Gasteiger partial charge < -0.3 is 4.90 Å². The van der Waals surface area contributed by atoms with Crippen LogP contribution in [0, 0.1) is 6.04 Å². The van der Waals surface area contributed by atoms with Crippen molar-refractivity contribution in [3.8, 4) is 0 Å². The highest BCUT2D eigenvalue weighted by Gasteiger charge is 2.11. The van der Waals surface area contributed by atoms with Crippen molar-refractivity contribution in [3.63, 3.8) is 0 Å². The van der Waals surface area contributed by atoms with Crippen LogP contribution in [0.2, 0.25) is 0 Å². The Morgan fingerprint density at radius 2 is 1.75 bits per heavy atom. The third-order valence-corrected chi connectivity index (χ3v) is 1.96. The van der Waals surface area contributed by atoms with Gasteiger partial charge in [0.05, 0.1) is 6.04 Å². The monoisotopic (exact) mass is 171 g/mol. The summed E-state index contributed by atoms with van der Waals surface area (Å²) in [4.78, 5) is 4.66. The van der Waals surface area contributed by atoms with Gasteiger partial charge in [-0.25, -0.2) is 0 Å². The highest BCUT2D eigenvalue weighted by molar-refractivity contribution is 4.86. The van der Waals surface area contributed by atoms with Gasteiger partial charge in [0.2, 0.25) is 0 Å². The van der Waals surface area contributed by atoms with Crippen LogP contribution in [0.1, 0.15) is 27.2 Å². The number of nitrogens with zero attached hydrogens (tertiary/aromatic N) is 2. The number of rotatable bonds is 6. The zero-order valence-corrected chi connectivity index (χ0v) is 9.22. The van der Waals surface area contributed by atoms with E-state index in [-0.39, 0.29) is 0 Å². The lowest BCUT2D eigenvalue weighted by Crippen LogP contribution is -2.34. The molecule has 12 heavy (non-hydrogen) atoms. The average molecular weight is 171 g/mol. The summed E-state index contributed by atoms with van der Waals surface area (Å²) >= 11 is 0. The summed E-state index contributed by atoms with van der Waals surface area (Å²) in [5.74, 6) is 0. The van der Waals surface area contributed by atoms with E-state index in [9.17, 15) is 0 Å². The highest BCUT2D eigenvalue weighted by atomic mass is 15.2. The van der Waals surface area contributed by atoms with Crippen LogP contribution in [0.5, 0.6) is 0 Å². The first-order chi connectivity index (χ1) is 5.61. The van der Waals surface area contributed by atoms with E-state index in [1.165, 1.54) is 19.0 Å². The van der Waals surface area contributed by atoms with Crippen LogP contribution in [0.15, 0.2) is 0 Å². The first kappa shape index (κ1) is 11.9. The van der Waals surface area contributed by atoms with Crippen molar-refractivity contribution >= 4 is 0 Å². The lowest BCUT2D eigenvalue weighted by atomic mass is 10.2. The summed E-state index contributed by atoms with van der Waals surface area (Å²) in [5, 5.41) is 0. The molecule has 0 unspecified atom stereocenters. The molecule has 0 aromatic rings. The second kappa shape index (κ2) is 6.44. The molecule has 1 radical (unpaired) electrons. The molecule has 0 atom stereocenters. The largest absolute Gasteiger partial charge is 0.307 e. The van der Waals surface area contributed by atoms with Gasteiger partial charge in [0.25, 0.3) is 0 Å². The molecule has 0 aliphatic heterocycles. The molecular formula is C10H23N2. The molecule has 0 rings (SSSR count). The average Bonchev–Trinajstić information content (AvgIpc) is 1.98. The summed E-state index contributed by atoms with van der Waals surface area (Å²) in [6.07, 6.45) is 1.23. The summed E-state index contributed by atoms with van der Waals surface area (Å²) in [6.45, 7) is 10.1. The Hall–Kier alpha value is -0.0800. The van der Waals surface area contributed by atoms with Crippen LogP contribution in [0.25, 0.3) is 0 Å². The molecule has 0 N–H and O–H groups in total. The van der Waals surface area contributed by atoms with Gasteiger partial charge in [-0.05, 0) is 40.5 Å². The van der Waals surface area contributed by atoms with E-state index < -0.39 is 0 Å². The zero-order valence-electron chi connectivity index (χ0n) is 9.22. The molecule has 0 aromatic carbocycles. The third kappa shape index (κ3) is 4.73. The Morgan fingerprint density at radius 1 is 1.17 bits per heavy atom. The number of hydrogen-bond acceptors (Lipinski definition) is 2. The summed E-state index contributed by atoms with van der Waals surface area (Å²) in [5.41, 5.74) is 0. The first-order valence-electron chi connectivity index (χ1n) is 4.83. The summed E-state index contributed by atoms with van der Waals surface area (Å²) in [7, 11) is 4.23. The second-order valence-electron chi connectivity index (χ2n) is 3.55. The molecule has 0 aliphatic rings. The van der Waals surface area contributed by atoms with Gasteiger partial charge in [-0.15, -0.1) is 0 Å².